The highest BCUT2D eigenvalue weighted by molar-refractivity contribution is 7.17. The molecule has 1 heterocycles. The zero-order valence-electron chi connectivity index (χ0n) is 12.1. The van der Waals surface area contributed by atoms with Gasteiger partial charge in [-0.1, -0.05) is 35.9 Å². The van der Waals surface area contributed by atoms with Gasteiger partial charge in [-0.15, -0.1) is 11.3 Å². The molecule has 3 aromatic rings. The zero-order chi connectivity index (χ0) is 14.8. The molecule has 0 amide bonds. The smallest absolute Gasteiger partial charge is 0.124 e. The van der Waals surface area contributed by atoms with Gasteiger partial charge in [-0.3, -0.25) is 5.84 Å². The minimum absolute atomic E-state index is 0.0952. The average molecular weight is 298 g/mol. The summed E-state index contributed by atoms with van der Waals surface area (Å²) in [4.78, 5) is 0. The molecule has 4 heteroatoms. The van der Waals surface area contributed by atoms with E-state index >= 15 is 0 Å². The van der Waals surface area contributed by atoms with E-state index in [0.29, 0.717) is 0 Å². The van der Waals surface area contributed by atoms with Gasteiger partial charge in [-0.2, -0.15) is 0 Å². The summed E-state index contributed by atoms with van der Waals surface area (Å²) in [5.41, 5.74) is 6.36. The molecule has 0 saturated heterocycles. The summed E-state index contributed by atoms with van der Waals surface area (Å²) in [5, 5.41) is 3.35. The van der Waals surface area contributed by atoms with Gasteiger partial charge < -0.3 is 4.74 Å². The number of nitrogens with one attached hydrogen (secondary N) is 1. The Kier molecular flexibility index (Phi) is 3.92. The van der Waals surface area contributed by atoms with Crippen LogP contribution >= 0.6 is 11.3 Å². The average Bonchev–Trinajstić information content (AvgIpc) is 2.97. The fourth-order valence-corrected chi connectivity index (χ4v) is 3.61. The first-order valence-corrected chi connectivity index (χ1v) is 7.69. The summed E-state index contributed by atoms with van der Waals surface area (Å²) in [7, 11) is 1.69. The molecule has 0 spiro atoms. The monoisotopic (exact) mass is 298 g/mol. The topological polar surface area (TPSA) is 47.3 Å². The second-order valence-electron chi connectivity index (χ2n) is 5.03. The van der Waals surface area contributed by atoms with Gasteiger partial charge in [0.2, 0.25) is 0 Å². The third-order valence-electron chi connectivity index (χ3n) is 3.68. The molecule has 3 rings (SSSR count). The van der Waals surface area contributed by atoms with Gasteiger partial charge in [0, 0.05) is 10.3 Å². The highest BCUT2D eigenvalue weighted by Crippen LogP contribution is 2.35. The van der Waals surface area contributed by atoms with Crippen molar-refractivity contribution >= 4 is 21.4 Å². The highest BCUT2D eigenvalue weighted by Gasteiger charge is 2.19. The number of fused-ring (bicyclic) bond motifs is 1. The number of aryl methyl sites for hydroxylation is 1. The van der Waals surface area contributed by atoms with Crippen molar-refractivity contribution in [1.82, 2.24) is 5.43 Å². The van der Waals surface area contributed by atoms with Crippen molar-refractivity contribution in [1.29, 1.82) is 0 Å². The van der Waals surface area contributed by atoms with Crippen LogP contribution in [0.5, 0.6) is 5.75 Å². The van der Waals surface area contributed by atoms with Crippen molar-refractivity contribution in [2.24, 2.45) is 5.84 Å². The molecule has 0 aliphatic heterocycles. The van der Waals surface area contributed by atoms with Crippen LogP contribution in [-0.4, -0.2) is 7.11 Å². The van der Waals surface area contributed by atoms with E-state index in [2.05, 4.69) is 48.1 Å². The van der Waals surface area contributed by atoms with Crippen molar-refractivity contribution in [2.45, 2.75) is 13.0 Å². The molecular weight excluding hydrogens is 280 g/mol. The molecular formula is C17H18N2OS. The Labute approximate surface area is 128 Å². The van der Waals surface area contributed by atoms with E-state index in [9.17, 15) is 0 Å². The molecule has 21 heavy (non-hydrogen) atoms. The van der Waals surface area contributed by atoms with E-state index in [4.69, 9.17) is 10.6 Å². The van der Waals surface area contributed by atoms with Crippen LogP contribution in [0.25, 0.3) is 10.1 Å². The molecule has 0 radical (unpaired) electrons. The molecule has 1 unspecified atom stereocenters. The Morgan fingerprint density at radius 2 is 2.00 bits per heavy atom. The highest BCUT2D eigenvalue weighted by atomic mass is 32.1. The minimum atomic E-state index is -0.0952. The number of thiophene rings is 1. The molecule has 108 valence electrons. The summed E-state index contributed by atoms with van der Waals surface area (Å²) in [6.45, 7) is 2.07. The van der Waals surface area contributed by atoms with Gasteiger partial charge >= 0.3 is 0 Å². The number of hydrazine groups is 1. The lowest BCUT2D eigenvalue weighted by Crippen LogP contribution is -2.29. The van der Waals surface area contributed by atoms with E-state index in [1.165, 1.54) is 21.2 Å². The number of ether oxygens (including phenoxy) is 1. The van der Waals surface area contributed by atoms with Gasteiger partial charge in [-0.25, -0.2) is 5.43 Å². The van der Waals surface area contributed by atoms with E-state index in [0.717, 1.165) is 11.3 Å². The van der Waals surface area contributed by atoms with Crippen LogP contribution < -0.4 is 16.0 Å². The lowest BCUT2D eigenvalue weighted by Gasteiger charge is -2.21. The van der Waals surface area contributed by atoms with E-state index in [1.807, 2.05) is 12.1 Å². The molecule has 2 aromatic carbocycles. The van der Waals surface area contributed by atoms with Gasteiger partial charge in [0.15, 0.2) is 0 Å². The summed E-state index contributed by atoms with van der Waals surface area (Å²) in [6, 6.07) is 14.5. The lowest BCUT2D eigenvalue weighted by molar-refractivity contribution is 0.404. The molecule has 1 aromatic heterocycles. The Morgan fingerprint density at radius 1 is 1.14 bits per heavy atom. The molecule has 0 saturated carbocycles. The maximum Gasteiger partial charge on any atom is 0.124 e. The second kappa shape index (κ2) is 5.85. The number of nitrogens with two attached hydrogens (primary N) is 1. The first-order chi connectivity index (χ1) is 10.2. The fraction of sp³-hybridized carbons (Fsp3) is 0.176. The summed E-state index contributed by atoms with van der Waals surface area (Å²) < 4.78 is 6.76. The normalized spacial score (nSPS) is 12.5. The third kappa shape index (κ3) is 2.53. The molecule has 0 bridgehead atoms. The molecule has 1 atom stereocenters. The van der Waals surface area contributed by atoms with Gasteiger partial charge in [0.05, 0.1) is 13.2 Å². The van der Waals surface area contributed by atoms with Crippen molar-refractivity contribution in [3.8, 4) is 5.75 Å². The van der Waals surface area contributed by atoms with Crippen molar-refractivity contribution in [3.63, 3.8) is 0 Å². The Bertz CT molecular complexity index is 766. The SMILES string of the molecule is COc1ccc(C)cc1C(NN)c1cccc2ccsc12. The zero-order valence-corrected chi connectivity index (χ0v) is 12.9. The van der Waals surface area contributed by atoms with E-state index in [1.54, 1.807) is 18.4 Å². The van der Waals surface area contributed by atoms with E-state index < -0.39 is 0 Å². The first-order valence-electron chi connectivity index (χ1n) is 6.81. The number of methoxy groups -OCH3 is 1. The maximum absolute atomic E-state index is 5.87. The fourth-order valence-electron chi connectivity index (χ4n) is 2.67. The summed E-state index contributed by atoms with van der Waals surface area (Å²) in [5.74, 6) is 6.71. The first kappa shape index (κ1) is 14.1. The number of hydrogen-bond donors (Lipinski definition) is 2. The Morgan fingerprint density at radius 3 is 2.76 bits per heavy atom. The predicted octanol–water partition coefficient (Wildman–Crippen LogP) is 3.77. The summed E-state index contributed by atoms with van der Waals surface area (Å²) >= 11 is 1.73. The molecule has 3 N–H and O–H groups in total. The number of hydrogen-bond acceptors (Lipinski definition) is 4. The maximum atomic E-state index is 5.87. The third-order valence-corrected chi connectivity index (χ3v) is 4.66. The molecule has 0 fully saturated rings. The lowest BCUT2D eigenvalue weighted by atomic mass is 9.96. The summed E-state index contributed by atoms with van der Waals surface area (Å²) in [6.07, 6.45) is 0. The quantitative estimate of drug-likeness (QED) is 0.569. The largest absolute Gasteiger partial charge is 0.496 e. The van der Waals surface area contributed by atoms with Crippen LogP contribution in [0, 0.1) is 6.92 Å². The molecule has 0 aliphatic rings. The van der Waals surface area contributed by atoms with Gasteiger partial charge in [0.1, 0.15) is 5.75 Å². The van der Waals surface area contributed by atoms with Crippen LogP contribution in [0.2, 0.25) is 0 Å². The second-order valence-corrected chi connectivity index (χ2v) is 5.95. The number of benzene rings is 2. The van der Waals surface area contributed by atoms with Gasteiger partial charge in [0.25, 0.3) is 0 Å². The van der Waals surface area contributed by atoms with Crippen molar-refractivity contribution in [3.05, 3.63) is 64.5 Å². The van der Waals surface area contributed by atoms with Crippen LogP contribution in [0.15, 0.2) is 47.8 Å². The van der Waals surface area contributed by atoms with Crippen LogP contribution in [0.3, 0.4) is 0 Å². The van der Waals surface area contributed by atoms with Crippen molar-refractivity contribution in [2.75, 3.05) is 7.11 Å². The minimum Gasteiger partial charge on any atom is -0.496 e. The van der Waals surface area contributed by atoms with Crippen LogP contribution in [0.4, 0.5) is 0 Å². The van der Waals surface area contributed by atoms with Crippen LogP contribution in [-0.2, 0) is 0 Å². The van der Waals surface area contributed by atoms with Crippen molar-refractivity contribution < 1.29 is 4.74 Å². The van der Waals surface area contributed by atoms with E-state index in [-0.39, 0.29) is 6.04 Å². The Hall–Kier alpha value is -1.88. The Balaban J connectivity index is 2.19. The van der Waals surface area contributed by atoms with Gasteiger partial charge in [-0.05, 0) is 35.4 Å². The standard InChI is InChI=1S/C17H18N2OS/c1-11-6-7-15(20-2)14(10-11)16(19-18)13-5-3-4-12-8-9-21-17(12)13/h3-10,16,19H,18H2,1-2H3. The molecule has 3 nitrogen and oxygen atoms in total. The number of rotatable bonds is 4. The predicted molar refractivity (Wildman–Crippen MR) is 88.7 cm³/mol. The van der Waals surface area contributed by atoms with Crippen LogP contribution in [0.1, 0.15) is 22.7 Å². The molecule has 0 aliphatic carbocycles.